The number of ether oxygens (including phenoxy) is 1. The van der Waals surface area contributed by atoms with Crippen LogP contribution in [0, 0.1) is 5.92 Å². The molecule has 120 valence electrons. The summed E-state index contributed by atoms with van der Waals surface area (Å²) in [6.07, 6.45) is 2.96. The van der Waals surface area contributed by atoms with Crippen molar-refractivity contribution < 1.29 is 19.1 Å². The van der Waals surface area contributed by atoms with Crippen molar-refractivity contribution in [1.82, 2.24) is 4.90 Å². The van der Waals surface area contributed by atoms with E-state index in [4.69, 9.17) is 4.74 Å². The van der Waals surface area contributed by atoms with Gasteiger partial charge in [0, 0.05) is 12.2 Å². The van der Waals surface area contributed by atoms with Gasteiger partial charge >= 0.3 is 5.97 Å². The first kappa shape index (κ1) is 15.5. The molecule has 0 fully saturated rings. The van der Waals surface area contributed by atoms with E-state index < -0.39 is 17.6 Å². The fraction of sp³-hybridized carbons (Fsp3) is 0.389. The number of imide groups is 1. The van der Waals surface area contributed by atoms with Crippen LogP contribution in [0.5, 0.6) is 0 Å². The molecule has 1 aromatic carbocycles. The first-order valence-electron chi connectivity index (χ1n) is 7.64. The fourth-order valence-corrected chi connectivity index (χ4v) is 3.17. The van der Waals surface area contributed by atoms with E-state index in [0.29, 0.717) is 6.42 Å². The Labute approximate surface area is 134 Å². The number of benzene rings is 1. The van der Waals surface area contributed by atoms with Gasteiger partial charge in [-0.25, -0.2) is 0 Å². The smallest absolute Gasteiger partial charge is 0.312 e. The lowest BCUT2D eigenvalue weighted by Crippen LogP contribution is -2.40. The van der Waals surface area contributed by atoms with Crippen LogP contribution in [-0.4, -0.2) is 28.3 Å². The van der Waals surface area contributed by atoms with Crippen molar-refractivity contribution in [3.63, 3.8) is 0 Å². The Hall–Kier alpha value is -2.43. The standard InChI is InChI=1S/C18H19NO4/c1-18(2,3)23-17(22)13-10-11-6-4-5-7-12(11)16(13)19-14(20)8-9-15(19)21/h4-9,13,16H,10H2,1-3H3/t13-,16+/m0/s1. The highest BCUT2D eigenvalue weighted by molar-refractivity contribution is 6.13. The topological polar surface area (TPSA) is 63.7 Å². The minimum absolute atomic E-state index is 0.383. The third-order valence-electron chi connectivity index (χ3n) is 4.03. The molecule has 0 saturated heterocycles. The zero-order valence-corrected chi connectivity index (χ0v) is 13.4. The number of hydrogen-bond acceptors (Lipinski definition) is 4. The lowest BCUT2D eigenvalue weighted by atomic mass is 9.98. The summed E-state index contributed by atoms with van der Waals surface area (Å²) in [7, 11) is 0. The number of rotatable bonds is 2. The van der Waals surface area contributed by atoms with E-state index in [2.05, 4.69) is 0 Å². The minimum Gasteiger partial charge on any atom is -0.460 e. The summed E-state index contributed by atoms with van der Waals surface area (Å²) in [5.41, 5.74) is 1.20. The Morgan fingerprint density at radius 2 is 1.74 bits per heavy atom. The van der Waals surface area contributed by atoms with E-state index >= 15 is 0 Å². The first-order valence-corrected chi connectivity index (χ1v) is 7.64. The maximum absolute atomic E-state index is 12.6. The molecule has 2 amide bonds. The highest BCUT2D eigenvalue weighted by atomic mass is 16.6. The van der Waals surface area contributed by atoms with Crippen molar-refractivity contribution in [2.24, 2.45) is 5.92 Å². The van der Waals surface area contributed by atoms with Gasteiger partial charge in [-0.05, 0) is 38.3 Å². The van der Waals surface area contributed by atoms with Gasteiger partial charge in [0.25, 0.3) is 11.8 Å². The van der Waals surface area contributed by atoms with Crippen molar-refractivity contribution in [1.29, 1.82) is 0 Å². The van der Waals surface area contributed by atoms with Gasteiger partial charge in [-0.2, -0.15) is 0 Å². The molecule has 23 heavy (non-hydrogen) atoms. The van der Waals surface area contributed by atoms with Gasteiger partial charge in [0.05, 0.1) is 12.0 Å². The predicted octanol–water partition coefficient (Wildman–Crippen LogP) is 2.17. The normalized spacial score (nSPS) is 23.3. The molecule has 5 heteroatoms. The van der Waals surface area contributed by atoms with Gasteiger partial charge in [0.1, 0.15) is 5.60 Å². The van der Waals surface area contributed by atoms with Crippen LogP contribution in [-0.2, 0) is 25.5 Å². The molecule has 0 saturated carbocycles. The molecule has 0 N–H and O–H groups in total. The summed E-state index contributed by atoms with van der Waals surface area (Å²) < 4.78 is 5.50. The Kier molecular flexibility index (Phi) is 3.59. The lowest BCUT2D eigenvalue weighted by Gasteiger charge is -2.29. The van der Waals surface area contributed by atoms with Gasteiger partial charge in [-0.1, -0.05) is 24.3 Å². The zero-order chi connectivity index (χ0) is 16.8. The summed E-state index contributed by atoms with van der Waals surface area (Å²) in [4.78, 5) is 38.0. The van der Waals surface area contributed by atoms with E-state index in [0.717, 1.165) is 11.1 Å². The van der Waals surface area contributed by atoms with E-state index in [1.54, 1.807) is 20.8 Å². The number of hydrogen-bond donors (Lipinski definition) is 0. The predicted molar refractivity (Wildman–Crippen MR) is 83.2 cm³/mol. The molecule has 1 aliphatic heterocycles. The van der Waals surface area contributed by atoms with Crippen molar-refractivity contribution in [2.75, 3.05) is 0 Å². The molecule has 0 spiro atoms. The summed E-state index contributed by atoms with van der Waals surface area (Å²) in [6, 6.07) is 6.92. The monoisotopic (exact) mass is 313 g/mol. The average Bonchev–Trinajstić information content (AvgIpc) is 2.98. The molecular formula is C18H19NO4. The van der Waals surface area contributed by atoms with Crippen LogP contribution in [0.1, 0.15) is 37.9 Å². The van der Waals surface area contributed by atoms with Crippen LogP contribution in [0.15, 0.2) is 36.4 Å². The second-order valence-electron chi connectivity index (χ2n) is 6.87. The number of esters is 1. The van der Waals surface area contributed by atoms with Gasteiger partial charge in [0.2, 0.25) is 0 Å². The SMILES string of the molecule is CC(C)(C)OC(=O)[C@H]1Cc2ccccc2[C@H]1N1C(=O)C=CC1=O. The van der Waals surface area contributed by atoms with E-state index in [-0.39, 0.29) is 17.8 Å². The Bertz CT molecular complexity index is 696. The summed E-state index contributed by atoms with van der Waals surface area (Å²) in [5, 5.41) is 0. The quantitative estimate of drug-likeness (QED) is 0.620. The molecule has 2 aliphatic rings. The molecule has 0 unspecified atom stereocenters. The fourth-order valence-electron chi connectivity index (χ4n) is 3.17. The first-order chi connectivity index (χ1) is 10.8. The van der Waals surface area contributed by atoms with E-state index in [9.17, 15) is 14.4 Å². The van der Waals surface area contributed by atoms with Crippen LogP contribution in [0.2, 0.25) is 0 Å². The number of fused-ring (bicyclic) bond motifs is 1. The van der Waals surface area contributed by atoms with Crippen molar-refractivity contribution in [3.05, 3.63) is 47.5 Å². The summed E-state index contributed by atoms with van der Waals surface area (Å²) in [5.74, 6) is -1.72. The van der Waals surface area contributed by atoms with Gasteiger partial charge in [-0.3, -0.25) is 19.3 Å². The van der Waals surface area contributed by atoms with Crippen LogP contribution in [0.25, 0.3) is 0 Å². The van der Waals surface area contributed by atoms with E-state index in [1.165, 1.54) is 17.1 Å². The third-order valence-corrected chi connectivity index (χ3v) is 4.03. The van der Waals surface area contributed by atoms with Gasteiger partial charge in [0.15, 0.2) is 0 Å². The zero-order valence-electron chi connectivity index (χ0n) is 13.4. The molecule has 1 aliphatic carbocycles. The highest BCUT2D eigenvalue weighted by Gasteiger charge is 2.46. The van der Waals surface area contributed by atoms with Crippen molar-refractivity contribution >= 4 is 17.8 Å². The summed E-state index contributed by atoms with van der Waals surface area (Å²) in [6.45, 7) is 5.40. The van der Waals surface area contributed by atoms with Crippen LogP contribution in [0.3, 0.4) is 0 Å². The molecule has 1 aromatic rings. The lowest BCUT2D eigenvalue weighted by molar-refractivity contribution is -0.163. The number of amides is 2. The number of carbonyl (C=O) groups excluding carboxylic acids is 3. The Morgan fingerprint density at radius 3 is 2.35 bits per heavy atom. The second kappa shape index (κ2) is 5.33. The number of carbonyl (C=O) groups is 3. The molecular weight excluding hydrogens is 294 g/mol. The molecule has 2 atom stereocenters. The molecule has 0 bridgehead atoms. The largest absolute Gasteiger partial charge is 0.460 e. The third kappa shape index (κ3) is 2.79. The molecule has 5 nitrogen and oxygen atoms in total. The maximum Gasteiger partial charge on any atom is 0.312 e. The Balaban J connectivity index is 1.98. The van der Waals surface area contributed by atoms with Crippen LogP contribution in [0.4, 0.5) is 0 Å². The van der Waals surface area contributed by atoms with Crippen molar-refractivity contribution in [2.45, 2.75) is 38.8 Å². The van der Waals surface area contributed by atoms with Gasteiger partial charge < -0.3 is 4.74 Å². The molecule has 0 radical (unpaired) electrons. The van der Waals surface area contributed by atoms with Crippen molar-refractivity contribution in [3.8, 4) is 0 Å². The molecule has 1 heterocycles. The number of nitrogens with zero attached hydrogens (tertiary/aromatic N) is 1. The van der Waals surface area contributed by atoms with Crippen LogP contribution >= 0.6 is 0 Å². The second-order valence-corrected chi connectivity index (χ2v) is 6.87. The maximum atomic E-state index is 12.6. The Morgan fingerprint density at radius 1 is 1.13 bits per heavy atom. The average molecular weight is 313 g/mol. The highest BCUT2D eigenvalue weighted by Crippen LogP contribution is 2.42. The minimum atomic E-state index is -0.617. The molecule has 0 aromatic heterocycles. The summed E-state index contributed by atoms with van der Waals surface area (Å²) >= 11 is 0. The van der Waals surface area contributed by atoms with Crippen LogP contribution < -0.4 is 0 Å². The molecule has 3 rings (SSSR count). The van der Waals surface area contributed by atoms with Gasteiger partial charge in [-0.15, -0.1) is 0 Å². The van der Waals surface area contributed by atoms with E-state index in [1.807, 2.05) is 24.3 Å².